The third-order valence-electron chi connectivity index (χ3n) is 4.89. The van der Waals surface area contributed by atoms with Crippen molar-refractivity contribution in [3.05, 3.63) is 42.2 Å². The lowest BCUT2D eigenvalue weighted by Gasteiger charge is -2.13. The van der Waals surface area contributed by atoms with Crippen LogP contribution in [0.3, 0.4) is 0 Å². The Morgan fingerprint density at radius 1 is 1.31 bits per heavy atom. The maximum absolute atomic E-state index is 12.1. The van der Waals surface area contributed by atoms with Gasteiger partial charge in [0.05, 0.1) is 24.4 Å². The van der Waals surface area contributed by atoms with Gasteiger partial charge in [-0.1, -0.05) is 11.8 Å². The van der Waals surface area contributed by atoms with Crippen molar-refractivity contribution < 1.29 is 14.6 Å². The molecule has 0 saturated carbocycles. The van der Waals surface area contributed by atoms with Crippen molar-refractivity contribution in [1.29, 1.82) is 0 Å². The Hall–Kier alpha value is -3.70. The van der Waals surface area contributed by atoms with Gasteiger partial charge in [0.1, 0.15) is 11.6 Å². The Morgan fingerprint density at radius 2 is 2.14 bits per heavy atom. The quantitative estimate of drug-likeness (QED) is 0.634. The summed E-state index contributed by atoms with van der Waals surface area (Å²) in [6, 6.07) is 6.98. The van der Waals surface area contributed by atoms with Gasteiger partial charge in [-0.05, 0) is 24.3 Å². The molecule has 1 saturated heterocycles. The second-order valence-electron chi connectivity index (χ2n) is 6.83. The highest BCUT2D eigenvalue weighted by molar-refractivity contribution is 5.91. The number of methoxy groups -OCH3 is 1. The van der Waals surface area contributed by atoms with Gasteiger partial charge in [0.15, 0.2) is 5.82 Å². The Balaban J connectivity index is 1.78. The van der Waals surface area contributed by atoms with E-state index in [0.29, 0.717) is 46.0 Å². The van der Waals surface area contributed by atoms with Crippen molar-refractivity contribution in [2.45, 2.75) is 12.0 Å². The van der Waals surface area contributed by atoms with E-state index < -0.39 is 11.5 Å². The number of benzene rings is 1. The zero-order valence-electron chi connectivity index (χ0n) is 16.0. The van der Waals surface area contributed by atoms with E-state index in [-0.39, 0.29) is 6.42 Å². The van der Waals surface area contributed by atoms with Gasteiger partial charge in [-0.25, -0.2) is 9.97 Å². The number of pyridine rings is 1. The highest BCUT2D eigenvalue weighted by Gasteiger charge is 2.42. The number of hydrogen-bond donors (Lipinski definition) is 2. The van der Waals surface area contributed by atoms with Crippen molar-refractivity contribution >= 4 is 22.6 Å². The molecular weight excluding hydrogens is 370 g/mol. The molecule has 1 fully saturated rings. The molecule has 0 spiro atoms. The van der Waals surface area contributed by atoms with Gasteiger partial charge in [0.25, 0.3) is 5.91 Å². The molecule has 0 bridgehead atoms. The number of ether oxygens (including phenoxy) is 1. The predicted octanol–water partition coefficient (Wildman–Crippen LogP) is 1.23. The van der Waals surface area contributed by atoms with E-state index in [1.165, 1.54) is 4.90 Å². The van der Waals surface area contributed by atoms with Gasteiger partial charge >= 0.3 is 0 Å². The van der Waals surface area contributed by atoms with Crippen LogP contribution in [0, 0.1) is 11.8 Å². The first-order valence-corrected chi connectivity index (χ1v) is 8.98. The third kappa shape index (κ3) is 3.32. The summed E-state index contributed by atoms with van der Waals surface area (Å²) >= 11 is 0. The van der Waals surface area contributed by atoms with Crippen LogP contribution in [0.25, 0.3) is 22.3 Å². The van der Waals surface area contributed by atoms with Crippen molar-refractivity contribution in [3.63, 3.8) is 0 Å². The summed E-state index contributed by atoms with van der Waals surface area (Å²) in [5.74, 6) is 6.46. The molecule has 1 atom stereocenters. The minimum Gasteiger partial charge on any atom is -0.496 e. The van der Waals surface area contributed by atoms with Crippen LogP contribution in [-0.4, -0.2) is 57.2 Å². The summed E-state index contributed by atoms with van der Waals surface area (Å²) in [4.78, 5) is 26.6. The van der Waals surface area contributed by atoms with Crippen LogP contribution in [0.15, 0.2) is 36.7 Å². The molecule has 3 N–H and O–H groups in total. The number of aromatic nitrogens is 3. The van der Waals surface area contributed by atoms with E-state index in [1.54, 1.807) is 50.8 Å². The standard InChI is InChI=1S/C21H19N5O3/c1-26-10-8-21(28,20(26)27)7-5-13-3-4-17(29-2)15(11-13)19-24-16-12-23-9-6-14(16)18(22)25-19/h3-4,6,9,11-12,28H,8,10H2,1-2H3,(H2,22,24,25)/t21-/m0/s1. The number of carbonyl (C=O) groups excluding carboxylic acids is 1. The Kier molecular flexibility index (Phi) is 4.53. The number of hydrogen-bond acceptors (Lipinski definition) is 7. The van der Waals surface area contributed by atoms with Crippen LogP contribution in [-0.2, 0) is 4.79 Å². The zero-order chi connectivity index (χ0) is 20.6. The van der Waals surface area contributed by atoms with E-state index >= 15 is 0 Å². The number of amides is 1. The van der Waals surface area contributed by atoms with E-state index in [4.69, 9.17) is 10.5 Å². The van der Waals surface area contributed by atoms with Gasteiger partial charge in [-0.2, -0.15) is 0 Å². The minimum absolute atomic E-state index is 0.273. The number of carbonyl (C=O) groups is 1. The fourth-order valence-corrected chi connectivity index (χ4v) is 3.23. The molecule has 4 rings (SSSR count). The average Bonchev–Trinajstić information content (AvgIpc) is 3.00. The number of anilines is 1. The predicted molar refractivity (Wildman–Crippen MR) is 108 cm³/mol. The number of likely N-dealkylation sites (tertiary alicyclic amines) is 1. The number of nitrogen functional groups attached to an aromatic ring is 1. The van der Waals surface area contributed by atoms with Gasteiger partial charge in [0, 0.05) is 37.2 Å². The molecule has 0 unspecified atom stereocenters. The molecule has 3 heterocycles. The first-order chi connectivity index (χ1) is 13.9. The van der Waals surface area contributed by atoms with E-state index in [9.17, 15) is 9.90 Å². The Labute approximate surface area is 167 Å². The van der Waals surface area contributed by atoms with Crippen LogP contribution in [0.5, 0.6) is 5.75 Å². The van der Waals surface area contributed by atoms with Crippen molar-refractivity contribution in [3.8, 4) is 29.0 Å². The Morgan fingerprint density at radius 3 is 2.86 bits per heavy atom. The van der Waals surface area contributed by atoms with Gasteiger partial charge < -0.3 is 20.5 Å². The Bertz CT molecular complexity index is 1180. The average molecular weight is 389 g/mol. The van der Waals surface area contributed by atoms with Crippen LogP contribution in [0.2, 0.25) is 0 Å². The molecule has 1 aromatic carbocycles. The molecule has 1 aliphatic rings. The summed E-state index contributed by atoms with van der Waals surface area (Å²) in [6.45, 7) is 0.468. The SMILES string of the molecule is COc1ccc(C#C[C@]2(O)CCN(C)C2=O)cc1-c1nc(N)c2ccncc2n1. The van der Waals surface area contributed by atoms with Crippen molar-refractivity contribution in [2.75, 3.05) is 26.4 Å². The van der Waals surface area contributed by atoms with E-state index in [0.717, 1.165) is 0 Å². The molecule has 8 heteroatoms. The number of nitrogens with zero attached hydrogens (tertiary/aromatic N) is 4. The van der Waals surface area contributed by atoms with E-state index in [1.807, 2.05) is 0 Å². The highest BCUT2D eigenvalue weighted by atomic mass is 16.5. The fourth-order valence-electron chi connectivity index (χ4n) is 3.23. The maximum Gasteiger partial charge on any atom is 0.267 e. The summed E-state index contributed by atoms with van der Waals surface area (Å²) in [5, 5.41) is 11.2. The highest BCUT2D eigenvalue weighted by Crippen LogP contribution is 2.31. The van der Waals surface area contributed by atoms with Gasteiger partial charge in [0.2, 0.25) is 5.60 Å². The molecule has 0 radical (unpaired) electrons. The van der Waals surface area contributed by atoms with E-state index in [2.05, 4.69) is 26.8 Å². The molecule has 0 aliphatic carbocycles. The second kappa shape index (κ2) is 7.04. The van der Waals surface area contributed by atoms with Crippen molar-refractivity contribution in [1.82, 2.24) is 19.9 Å². The summed E-state index contributed by atoms with van der Waals surface area (Å²) in [7, 11) is 3.19. The summed E-state index contributed by atoms with van der Waals surface area (Å²) < 4.78 is 5.44. The number of likely N-dealkylation sites (N-methyl/N-ethyl adjacent to an activating group) is 1. The summed E-state index contributed by atoms with van der Waals surface area (Å²) in [6.07, 6.45) is 3.52. The van der Waals surface area contributed by atoms with Crippen LogP contribution >= 0.6 is 0 Å². The lowest BCUT2D eigenvalue weighted by atomic mass is 10.0. The molecule has 1 aliphatic heterocycles. The molecule has 8 nitrogen and oxygen atoms in total. The third-order valence-corrected chi connectivity index (χ3v) is 4.89. The molecule has 2 aromatic heterocycles. The maximum atomic E-state index is 12.1. The van der Waals surface area contributed by atoms with Crippen LogP contribution in [0.4, 0.5) is 5.82 Å². The number of fused-ring (bicyclic) bond motifs is 1. The first-order valence-electron chi connectivity index (χ1n) is 8.98. The van der Waals surface area contributed by atoms with Gasteiger partial charge in [-0.3, -0.25) is 9.78 Å². The number of nitrogens with two attached hydrogens (primary N) is 1. The molecule has 1 amide bonds. The lowest BCUT2D eigenvalue weighted by Crippen LogP contribution is -2.37. The topological polar surface area (TPSA) is 114 Å². The second-order valence-corrected chi connectivity index (χ2v) is 6.83. The smallest absolute Gasteiger partial charge is 0.267 e. The molecule has 146 valence electrons. The van der Waals surface area contributed by atoms with Crippen LogP contribution < -0.4 is 10.5 Å². The van der Waals surface area contributed by atoms with Gasteiger partial charge in [-0.15, -0.1) is 0 Å². The molecule has 29 heavy (non-hydrogen) atoms. The molecular formula is C21H19N5O3. The number of rotatable bonds is 2. The van der Waals surface area contributed by atoms with Crippen LogP contribution in [0.1, 0.15) is 12.0 Å². The largest absolute Gasteiger partial charge is 0.496 e. The lowest BCUT2D eigenvalue weighted by molar-refractivity contribution is -0.137. The zero-order valence-corrected chi connectivity index (χ0v) is 16.0. The first kappa shape index (κ1) is 18.7. The fraction of sp³-hybridized carbons (Fsp3) is 0.238. The minimum atomic E-state index is -1.66. The number of aliphatic hydroxyl groups is 1. The monoisotopic (exact) mass is 389 g/mol. The van der Waals surface area contributed by atoms with Crippen molar-refractivity contribution in [2.24, 2.45) is 0 Å². The molecule has 3 aromatic rings. The summed E-state index contributed by atoms with van der Waals surface area (Å²) in [5.41, 5.74) is 6.22. The normalized spacial score (nSPS) is 18.6.